The topological polar surface area (TPSA) is 72.2 Å². The van der Waals surface area contributed by atoms with Crippen molar-refractivity contribution in [1.82, 2.24) is 4.72 Å². The third kappa shape index (κ3) is 6.03. The predicted molar refractivity (Wildman–Crippen MR) is 83.8 cm³/mol. The molecule has 1 aromatic rings. The van der Waals surface area contributed by atoms with Crippen molar-refractivity contribution < 1.29 is 8.42 Å². The quantitative estimate of drug-likeness (QED) is 0.724. The molecule has 0 radical (unpaired) electrons. The maximum Gasteiger partial charge on any atom is 0.211 e. The Balaban J connectivity index is 2.53. The van der Waals surface area contributed by atoms with Crippen LogP contribution in [0.2, 0.25) is 0 Å². The van der Waals surface area contributed by atoms with Crippen LogP contribution in [0.3, 0.4) is 0 Å². The second-order valence-corrected chi connectivity index (χ2v) is 7.69. The van der Waals surface area contributed by atoms with Gasteiger partial charge in [0.05, 0.1) is 5.75 Å². The van der Waals surface area contributed by atoms with E-state index in [-0.39, 0.29) is 11.3 Å². The molecule has 0 saturated heterocycles. The van der Waals surface area contributed by atoms with Crippen LogP contribution in [0.1, 0.15) is 51.2 Å². The summed E-state index contributed by atoms with van der Waals surface area (Å²) in [7, 11) is -3.17. The molecule has 5 heteroatoms. The van der Waals surface area contributed by atoms with Crippen molar-refractivity contribution >= 4 is 10.0 Å². The number of sulfonamides is 1. The molecule has 0 heterocycles. The fourth-order valence-corrected chi connectivity index (χ4v) is 2.97. The van der Waals surface area contributed by atoms with E-state index in [1.165, 1.54) is 0 Å². The molecule has 0 saturated carbocycles. The third-order valence-corrected chi connectivity index (χ3v) is 4.62. The summed E-state index contributed by atoms with van der Waals surface area (Å²) in [4.78, 5) is 0. The third-order valence-electron chi connectivity index (χ3n) is 3.21. The van der Waals surface area contributed by atoms with Gasteiger partial charge in [0.25, 0.3) is 0 Å². The molecule has 0 spiro atoms. The molecule has 0 atom stereocenters. The van der Waals surface area contributed by atoms with Gasteiger partial charge in [-0.3, -0.25) is 0 Å². The average Bonchev–Trinajstić information content (AvgIpc) is 2.36. The highest BCUT2D eigenvalue weighted by Crippen LogP contribution is 2.17. The lowest BCUT2D eigenvalue weighted by atomic mass is 9.95. The highest BCUT2D eigenvalue weighted by Gasteiger charge is 2.14. The van der Waals surface area contributed by atoms with Crippen LogP contribution in [0.4, 0.5) is 0 Å². The first-order chi connectivity index (χ1) is 9.24. The summed E-state index contributed by atoms with van der Waals surface area (Å²) in [5.74, 6) is 0.203. The van der Waals surface area contributed by atoms with Crippen LogP contribution in [0, 0.1) is 0 Å². The Labute approximate surface area is 122 Å². The second-order valence-electron chi connectivity index (χ2n) is 5.77. The van der Waals surface area contributed by atoms with E-state index in [1.54, 1.807) is 0 Å². The zero-order valence-corrected chi connectivity index (χ0v) is 13.5. The molecule has 0 aromatic heterocycles. The van der Waals surface area contributed by atoms with Gasteiger partial charge in [-0.2, -0.15) is 0 Å². The van der Waals surface area contributed by atoms with E-state index in [0.717, 1.165) is 24.0 Å². The van der Waals surface area contributed by atoms with Crippen LogP contribution < -0.4 is 10.5 Å². The van der Waals surface area contributed by atoms with Gasteiger partial charge in [-0.1, -0.05) is 44.0 Å². The van der Waals surface area contributed by atoms with Crippen molar-refractivity contribution in [3.63, 3.8) is 0 Å². The Morgan fingerprint density at radius 2 is 1.75 bits per heavy atom. The number of unbranched alkanes of at least 4 members (excludes halogenated alkanes) is 2. The van der Waals surface area contributed by atoms with Crippen molar-refractivity contribution in [2.24, 2.45) is 5.73 Å². The maximum atomic E-state index is 11.8. The smallest absolute Gasteiger partial charge is 0.211 e. The lowest BCUT2D eigenvalue weighted by molar-refractivity contribution is 0.554. The fourth-order valence-electron chi connectivity index (χ4n) is 1.86. The predicted octanol–water partition coefficient (Wildman–Crippen LogP) is 2.49. The van der Waals surface area contributed by atoms with E-state index in [1.807, 2.05) is 38.1 Å². The Hall–Kier alpha value is -0.910. The molecule has 1 rings (SSSR count). The maximum absolute atomic E-state index is 11.8. The zero-order valence-electron chi connectivity index (χ0n) is 12.6. The second kappa shape index (κ2) is 7.20. The number of nitrogens with one attached hydrogen (secondary N) is 1. The Morgan fingerprint density at radius 3 is 2.25 bits per heavy atom. The van der Waals surface area contributed by atoms with Gasteiger partial charge < -0.3 is 5.73 Å². The van der Waals surface area contributed by atoms with Gasteiger partial charge in [0.1, 0.15) is 0 Å². The van der Waals surface area contributed by atoms with E-state index in [4.69, 9.17) is 5.73 Å². The normalized spacial score (nSPS) is 12.6. The van der Waals surface area contributed by atoms with Crippen molar-refractivity contribution in [3.8, 4) is 0 Å². The highest BCUT2D eigenvalue weighted by atomic mass is 32.2. The minimum absolute atomic E-state index is 0.203. The minimum Gasteiger partial charge on any atom is -0.322 e. The van der Waals surface area contributed by atoms with Gasteiger partial charge >= 0.3 is 0 Å². The van der Waals surface area contributed by atoms with Crippen LogP contribution in [0.5, 0.6) is 0 Å². The van der Waals surface area contributed by atoms with Crippen LogP contribution in [-0.2, 0) is 22.1 Å². The van der Waals surface area contributed by atoms with Gasteiger partial charge in [0.15, 0.2) is 0 Å². The fraction of sp³-hybridized carbons (Fsp3) is 0.600. The largest absolute Gasteiger partial charge is 0.322 e. The zero-order chi connectivity index (χ0) is 15.2. The van der Waals surface area contributed by atoms with Crippen molar-refractivity contribution in [2.75, 3.05) is 5.75 Å². The minimum atomic E-state index is -3.17. The monoisotopic (exact) mass is 298 g/mol. The Morgan fingerprint density at radius 1 is 1.15 bits per heavy atom. The van der Waals surface area contributed by atoms with Gasteiger partial charge in [-0.15, -0.1) is 0 Å². The van der Waals surface area contributed by atoms with Gasteiger partial charge in [-0.05, 0) is 31.4 Å². The molecule has 0 aliphatic heterocycles. The van der Waals surface area contributed by atoms with Crippen LogP contribution in [0.25, 0.3) is 0 Å². The summed E-state index contributed by atoms with van der Waals surface area (Å²) in [5, 5.41) is 0. The molecule has 3 N–H and O–H groups in total. The molecule has 20 heavy (non-hydrogen) atoms. The molecule has 0 fully saturated rings. The number of hydrogen-bond acceptors (Lipinski definition) is 3. The summed E-state index contributed by atoms with van der Waals surface area (Å²) >= 11 is 0. The average molecular weight is 298 g/mol. The van der Waals surface area contributed by atoms with Crippen LogP contribution in [0.15, 0.2) is 24.3 Å². The van der Waals surface area contributed by atoms with Gasteiger partial charge in [0, 0.05) is 12.1 Å². The van der Waals surface area contributed by atoms with E-state index in [0.29, 0.717) is 13.0 Å². The van der Waals surface area contributed by atoms with Crippen LogP contribution >= 0.6 is 0 Å². The van der Waals surface area contributed by atoms with Crippen molar-refractivity contribution in [1.29, 1.82) is 0 Å². The summed E-state index contributed by atoms with van der Waals surface area (Å²) in [5.41, 5.74) is 7.61. The summed E-state index contributed by atoms with van der Waals surface area (Å²) < 4.78 is 26.2. The number of benzene rings is 1. The van der Waals surface area contributed by atoms with E-state index >= 15 is 0 Å². The lowest BCUT2D eigenvalue weighted by Crippen LogP contribution is -2.29. The molecule has 0 aliphatic rings. The summed E-state index contributed by atoms with van der Waals surface area (Å²) in [6, 6.07) is 7.72. The number of hydrogen-bond donors (Lipinski definition) is 2. The standard InChI is InChI=1S/C15H26N2O2S/c1-4-5-6-11-20(18,19)17-12-13-7-9-14(10-8-13)15(2,3)16/h7-10,17H,4-6,11-12,16H2,1-3H3. The molecule has 114 valence electrons. The lowest BCUT2D eigenvalue weighted by Gasteiger charge is -2.19. The molecular formula is C15H26N2O2S. The Kier molecular flexibility index (Phi) is 6.17. The molecule has 1 aromatic carbocycles. The molecule has 0 bridgehead atoms. The molecule has 4 nitrogen and oxygen atoms in total. The van der Waals surface area contributed by atoms with E-state index < -0.39 is 10.0 Å². The van der Waals surface area contributed by atoms with E-state index in [2.05, 4.69) is 11.6 Å². The highest BCUT2D eigenvalue weighted by molar-refractivity contribution is 7.89. The SMILES string of the molecule is CCCCCS(=O)(=O)NCc1ccc(C(C)(C)N)cc1. The summed E-state index contributed by atoms with van der Waals surface area (Å²) in [6.45, 7) is 6.27. The first-order valence-electron chi connectivity index (χ1n) is 7.10. The first kappa shape index (κ1) is 17.1. The molecule has 0 aliphatic carbocycles. The first-order valence-corrected chi connectivity index (χ1v) is 8.75. The summed E-state index contributed by atoms with van der Waals surface area (Å²) in [6.07, 6.45) is 2.68. The molecule has 0 unspecified atom stereocenters. The number of nitrogens with two attached hydrogens (primary N) is 1. The van der Waals surface area contributed by atoms with Gasteiger partial charge in [0.2, 0.25) is 10.0 Å². The van der Waals surface area contributed by atoms with Crippen molar-refractivity contribution in [2.45, 2.75) is 52.1 Å². The molecular weight excluding hydrogens is 272 g/mol. The number of rotatable bonds is 8. The molecule has 0 amide bonds. The van der Waals surface area contributed by atoms with Crippen molar-refractivity contribution in [3.05, 3.63) is 35.4 Å². The van der Waals surface area contributed by atoms with Crippen LogP contribution in [-0.4, -0.2) is 14.2 Å². The Bertz CT molecular complexity index is 502. The van der Waals surface area contributed by atoms with Gasteiger partial charge in [-0.25, -0.2) is 13.1 Å². The van der Waals surface area contributed by atoms with E-state index in [9.17, 15) is 8.42 Å².